The average Bonchev–Trinajstić information content (AvgIpc) is 2.61. The van der Waals surface area contributed by atoms with Gasteiger partial charge in [-0.15, -0.1) is 0 Å². The molecule has 1 fully saturated rings. The van der Waals surface area contributed by atoms with Crippen molar-refractivity contribution in [3.8, 4) is 0 Å². The highest BCUT2D eigenvalue weighted by Crippen LogP contribution is 2.25. The molecule has 1 atom stereocenters. The number of rotatable bonds is 3. The predicted octanol–water partition coefficient (Wildman–Crippen LogP) is 3.51. The molecule has 0 radical (unpaired) electrons. The Morgan fingerprint density at radius 3 is 2.68 bits per heavy atom. The topological polar surface area (TPSA) is 58.6 Å². The summed E-state index contributed by atoms with van der Waals surface area (Å²) in [6, 6.07) is 14.4. The van der Waals surface area contributed by atoms with E-state index >= 15 is 0 Å². The summed E-state index contributed by atoms with van der Waals surface area (Å²) in [4.78, 5) is 25.8. The molecule has 0 saturated carbocycles. The van der Waals surface area contributed by atoms with E-state index in [0.717, 1.165) is 5.56 Å². The molecule has 130 valence electrons. The number of amides is 2. The molecule has 0 bridgehead atoms. The van der Waals surface area contributed by atoms with E-state index in [9.17, 15) is 9.59 Å². The van der Waals surface area contributed by atoms with Crippen molar-refractivity contribution < 1.29 is 14.3 Å². The van der Waals surface area contributed by atoms with Gasteiger partial charge in [-0.2, -0.15) is 0 Å². The van der Waals surface area contributed by atoms with Crippen LogP contribution in [-0.4, -0.2) is 36.4 Å². The lowest BCUT2D eigenvalue weighted by Crippen LogP contribution is -2.42. The van der Waals surface area contributed by atoms with Gasteiger partial charge in [0.2, 0.25) is 5.91 Å². The maximum Gasteiger partial charge on any atom is 0.254 e. The molecule has 25 heavy (non-hydrogen) atoms. The van der Waals surface area contributed by atoms with Gasteiger partial charge in [0.15, 0.2) is 0 Å². The molecule has 0 aliphatic carbocycles. The molecule has 0 spiro atoms. The van der Waals surface area contributed by atoms with Gasteiger partial charge in [-0.25, -0.2) is 0 Å². The Hall–Kier alpha value is -2.37. The first-order valence-corrected chi connectivity index (χ1v) is 8.45. The van der Waals surface area contributed by atoms with Crippen LogP contribution < -0.4 is 5.32 Å². The number of hydrogen-bond acceptors (Lipinski definition) is 3. The number of carbonyl (C=O) groups excluding carboxylic acids is 2. The minimum Gasteiger partial charge on any atom is -0.370 e. The number of nitrogens with zero attached hydrogens (tertiary/aromatic N) is 1. The lowest BCUT2D eigenvalue weighted by molar-refractivity contribution is -0.114. The summed E-state index contributed by atoms with van der Waals surface area (Å²) in [5.74, 6) is -0.242. The number of ether oxygens (including phenoxy) is 1. The molecule has 1 unspecified atom stereocenters. The maximum absolute atomic E-state index is 12.8. The smallest absolute Gasteiger partial charge is 0.254 e. The lowest BCUT2D eigenvalue weighted by atomic mass is 10.1. The molecule has 0 aromatic heterocycles. The zero-order valence-electron chi connectivity index (χ0n) is 13.9. The third-order valence-corrected chi connectivity index (χ3v) is 4.28. The maximum atomic E-state index is 12.8. The van der Waals surface area contributed by atoms with Crippen LogP contribution >= 0.6 is 11.6 Å². The van der Waals surface area contributed by atoms with Gasteiger partial charge in [-0.1, -0.05) is 29.8 Å². The van der Waals surface area contributed by atoms with Gasteiger partial charge < -0.3 is 15.0 Å². The normalized spacial score (nSPS) is 17.2. The largest absolute Gasteiger partial charge is 0.370 e. The zero-order chi connectivity index (χ0) is 17.8. The third-order valence-electron chi connectivity index (χ3n) is 4.03. The highest BCUT2D eigenvalue weighted by molar-refractivity contribution is 6.30. The number of hydrogen-bond donors (Lipinski definition) is 1. The first-order valence-electron chi connectivity index (χ1n) is 8.07. The molecule has 5 nitrogen and oxygen atoms in total. The Morgan fingerprint density at radius 2 is 1.96 bits per heavy atom. The number of anilines is 1. The Labute approximate surface area is 151 Å². The van der Waals surface area contributed by atoms with E-state index in [1.165, 1.54) is 6.92 Å². The van der Waals surface area contributed by atoms with Crippen molar-refractivity contribution in [3.05, 3.63) is 64.7 Å². The van der Waals surface area contributed by atoms with Crippen LogP contribution in [-0.2, 0) is 9.53 Å². The number of nitrogens with one attached hydrogen (secondary N) is 1. The standard InChI is InChI=1S/C19H19ClN2O3/c1-13(23)21-17-4-2-3-15(11-17)19(24)22-9-10-25-18(12-22)14-5-7-16(20)8-6-14/h2-8,11,18H,9-10,12H2,1H3,(H,21,23). The number of morpholine rings is 1. The summed E-state index contributed by atoms with van der Waals surface area (Å²) in [5.41, 5.74) is 2.15. The van der Waals surface area contributed by atoms with Crippen molar-refractivity contribution in [2.45, 2.75) is 13.0 Å². The molecule has 3 rings (SSSR count). The van der Waals surface area contributed by atoms with Crippen molar-refractivity contribution in [2.75, 3.05) is 25.0 Å². The second-order valence-electron chi connectivity index (χ2n) is 5.92. The molecule has 1 aliphatic heterocycles. The van der Waals surface area contributed by atoms with Crippen LogP contribution in [0.1, 0.15) is 28.9 Å². The Morgan fingerprint density at radius 1 is 1.20 bits per heavy atom. The van der Waals surface area contributed by atoms with E-state index < -0.39 is 0 Å². The summed E-state index contributed by atoms with van der Waals surface area (Å²) < 4.78 is 5.80. The van der Waals surface area contributed by atoms with Crippen LogP contribution in [0.15, 0.2) is 48.5 Å². The van der Waals surface area contributed by atoms with Crippen molar-refractivity contribution in [2.24, 2.45) is 0 Å². The molecule has 2 aromatic rings. The van der Waals surface area contributed by atoms with Crippen LogP contribution in [0, 0.1) is 0 Å². The highest BCUT2D eigenvalue weighted by Gasteiger charge is 2.26. The SMILES string of the molecule is CC(=O)Nc1cccc(C(=O)N2CCOC(c3ccc(Cl)cc3)C2)c1. The first-order chi connectivity index (χ1) is 12.0. The molecule has 1 heterocycles. The Bertz CT molecular complexity index is 776. The van der Waals surface area contributed by atoms with Crippen LogP contribution in [0.3, 0.4) is 0 Å². The second kappa shape index (κ2) is 7.68. The monoisotopic (exact) mass is 358 g/mol. The molecule has 2 amide bonds. The molecule has 1 aliphatic rings. The van der Waals surface area contributed by atoms with E-state index in [1.807, 2.05) is 24.3 Å². The predicted molar refractivity (Wildman–Crippen MR) is 96.8 cm³/mol. The molecule has 1 saturated heterocycles. The Kier molecular flexibility index (Phi) is 5.36. The van der Waals surface area contributed by atoms with E-state index in [-0.39, 0.29) is 17.9 Å². The van der Waals surface area contributed by atoms with Gasteiger partial charge in [0, 0.05) is 29.7 Å². The Balaban J connectivity index is 1.73. The van der Waals surface area contributed by atoms with E-state index in [2.05, 4.69) is 5.32 Å². The fraction of sp³-hybridized carbons (Fsp3) is 0.263. The third kappa shape index (κ3) is 4.38. The minimum absolute atomic E-state index is 0.0746. The van der Waals surface area contributed by atoms with Gasteiger partial charge in [-0.3, -0.25) is 9.59 Å². The number of benzene rings is 2. The van der Waals surface area contributed by atoms with Crippen LogP contribution in [0.25, 0.3) is 0 Å². The molecule has 1 N–H and O–H groups in total. The fourth-order valence-electron chi connectivity index (χ4n) is 2.83. The number of carbonyl (C=O) groups is 2. The zero-order valence-corrected chi connectivity index (χ0v) is 14.6. The first kappa shape index (κ1) is 17.5. The van der Waals surface area contributed by atoms with Crippen molar-refractivity contribution >= 4 is 29.1 Å². The van der Waals surface area contributed by atoms with Crippen molar-refractivity contribution in [1.29, 1.82) is 0 Å². The highest BCUT2D eigenvalue weighted by atomic mass is 35.5. The molecule has 6 heteroatoms. The molecule has 2 aromatic carbocycles. The van der Waals surface area contributed by atoms with Crippen LogP contribution in [0.2, 0.25) is 5.02 Å². The van der Waals surface area contributed by atoms with Gasteiger partial charge in [0.25, 0.3) is 5.91 Å². The van der Waals surface area contributed by atoms with Gasteiger partial charge in [0.05, 0.1) is 13.2 Å². The minimum atomic E-state index is -0.173. The van der Waals surface area contributed by atoms with Gasteiger partial charge in [0.1, 0.15) is 6.10 Å². The summed E-state index contributed by atoms with van der Waals surface area (Å²) in [5, 5.41) is 3.36. The molecular weight excluding hydrogens is 340 g/mol. The lowest BCUT2D eigenvalue weighted by Gasteiger charge is -2.33. The van der Waals surface area contributed by atoms with Crippen molar-refractivity contribution in [3.63, 3.8) is 0 Å². The van der Waals surface area contributed by atoms with E-state index in [1.54, 1.807) is 29.2 Å². The summed E-state index contributed by atoms with van der Waals surface area (Å²) in [6.07, 6.45) is -0.173. The number of halogens is 1. The van der Waals surface area contributed by atoms with Crippen molar-refractivity contribution in [1.82, 2.24) is 4.90 Å². The summed E-state index contributed by atoms with van der Waals surface area (Å²) in [6.45, 7) is 2.93. The van der Waals surface area contributed by atoms with E-state index in [4.69, 9.17) is 16.3 Å². The quantitative estimate of drug-likeness (QED) is 0.913. The fourth-order valence-corrected chi connectivity index (χ4v) is 2.95. The summed E-state index contributed by atoms with van der Waals surface area (Å²) >= 11 is 5.93. The average molecular weight is 359 g/mol. The van der Waals surface area contributed by atoms with Gasteiger partial charge in [-0.05, 0) is 35.9 Å². The van der Waals surface area contributed by atoms with E-state index in [0.29, 0.717) is 36.0 Å². The summed E-state index contributed by atoms with van der Waals surface area (Å²) in [7, 11) is 0. The van der Waals surface area contributed by atoms with Crippen LogP contribution in [0.4, 0.5) is 5.69 Å². The van der Waals surface area contributed by atoms with Crippen LogP contribution in [0.5, 0.6) is 0 Å². The second-order valence-corrected chi connectivity index (χ2v) is 6.36. The molecular formula is C19H19ClN2O3. The van der Waals surface area contributed by atoms with Gasteiger partial charge >= 0.3 is 0 Å².